The summed E-state index contributed by atoms with van der Waals surface area (Å²) < 4.78 is 2.17. The third kappa shape index (κ3) is 3.09. The molecule has 0 saturated carbocycles. The predicted molar refractivity (Wildman–Crippen MR) is 93.8 cm³/mol. The molecule has 0 aliphatic carbocycles. The SMILES string of the molecule is c1ccc(-n2ccnc2CN2CCNCC2c2ccncc2)cc1. The van der Waals surface area contributed by atoms with Crippen LogP contribution in [-0.2, 0) is 6.54 Å². The Balaban J connectivity index is 1.59. The molecule has 0 amide bonds. The first-order valence-corrected chi connectivity index (χ1v) is 8.34. The summed E-state index contributed by atoms with van der Waals surface area (Å²) in [6.45, 7) is 3.80. The molecule has 3 aromatic rings. The van der Waals surface area contributed by atoms with Gasteiger partial charge in [-0.05, 0) is 29.8 Å². The maximum Gasteiger partial charge on any atom is 0.127 e. The van der Waals surface area contributed by atoms with Crippen molar-refractivity contribution in [1.82, 2.24) is 24.8 Å². The Bertz CT molecular complexity index is 769. The number of aromatic nitrogens is 3. The van der Waals surface area contributed by atoms with E-state index in [0.29, 0.717) is 6.04 Å². The summed E-state index contributed by atoms with van der Waals surface area (Å²) in [7, 11) is 0. The quantitative estimate of drug-likeness (QED) is 0.802. The lowest BCUT2D eigenvalue weighted by molar-refractivity contribution is 0.149. The number of nitrogens with zero attached hydrogens (tertiary/aromatic N) is 4. The zero-order valence-corrected chi connectivity index (χ0v) is 13.5. The number of hydrogen-bond acceptors (Lipinski definition) is 4. The largest absolute Gasteiger partial charge is 0.314 e. The maximum atomic E-state index is 4.60. The highest BCUT2D eigenvalue weighted by Crippen LogP contribution is 2.24. The molecule has 1 saturated heterocycles. The van der Waals surface area contributed by atoms with Gasteiger partial charge in [-0.3, -0.25) is 9.88 Å². The fraction of sp³-hybridized carbons (Fsp3) is 0.263. The molecule has 1 N–H and O–H groups in total. The van der Waals surface area contributed by atoms with Gasteiger partial charge in [0.15, 0.2) is 0 Å². The van der Waals surface area contributed by atoms with Crippen molar-refractivity contribution in [1.29, 1.82) is 0 Å². The van der Waals surface area contributed by atoms with Gasteiger partial charge in [0.2, 0.25) is 0 Å². The van der Waals surface area contributed by atoms with Crippen molar-refractivity contribution >= 4 is 0 Å². The second kappa shape index (κ2) is 6.95. The topological polar surface area (TPSA) is 46.0 Å². The first-order chi connectivity index (χ1) is 11.9. The van der Waals surface area contributed by atoms with E-state index >= 15 is 0 Å². The van der Waals surface area contributed by atoms with Crippen molar-refractivity contribution < 1.29 is 0 Å². The molecular formula is C19H21N5. The third-order valence-corrected chi connectivity index (χ3v) is 4.54. The van der Waals surface area contributed by atoms with Crippen molar-refractivity contribution in [3.8, 4) is 5.69 Å². The summed E-state index contributed by atoms with van der Waals surface area (Å²) in [6.07, 6.45) is 7.65. The van der Waals surface area contributed by atoms with E-state index in [4.69, 9.17) is 0 Å². The summed E-state index contributed by atoms with van der Waals surface area (Å²) in [5.74, 6) is 1.07. The minimum Gasteiger partial charge on any atom is -0.314 e. The number of para-hydroxylation sites is 1. The van der Waals surface area contributed by atoms with Crippen LogP contribution >= 0.6 is 0 Å². The fourth-order valence-corrected chi connectivity index (χ4v) is 3.31. The number of rotatable bonds is 4. The average molecular weight is 319 g/mol. The molecule has 24 heavy (non-hydrogen) atoms. The monoisotopic (exact) mass is 319 g/mol. The molecule has 2 aromatic heterocycles. The second-order valence-corrected chi connectivity index (χ2v) is 6.02. The highest BCUT2D eigenvalue weighted by Gasteiger charge is 2.25. The lowest BCUT2D eigenvalue weighted by Gasteiger charge is -2.36. The summed E-state index contributed by atoms with van der Waals surface area (Å²) in [4.78, 5) is 11.2. The van der Waals surface area contributed by atoms with Crippen LogP contribution in [-0.4, -0.2) is 39.1 Å². The van der Waals surface area contributed by atoms with Gasteiger partial charge < -0.3 is 9.88 Å². The van der Waals surface area contributed by atoms with Crippen LogP contribution in [0.2, 0.25) is 0 Å². The number of nitrogens with one attached hydrogen (secondary N) is 1. The smallest absolute Gasteiger partial charge is 0.127 e. The van der Waals surface area contributed by atoms with Gasteiger partial charge in [0.05, 0.1) is 6.54 Å². The molecule has 1 unspecified atom stereocenters. The van der Waals surface area contributed by atoms with Crippen LogP contribution in [0.3, 0.4) is 0 Å². The summed E-state index contributed by atoms with van der Waals surface area (Å²) in [5, 5.41) is 3.50. The van der Waals surface area contributed by atoms with Crippen LogP contribution in [0.4, 0.5) is 0 Å². The zero-order valence-electron chi connectivity index (χ0n) is 13.5. The molecule has 1 atom stereocenters. The van der Waals surface area contributed by atoms with Gasteiger partial charge in [-0.15, -0.1) is 0 Å². The predicted octanol–water partition coefficient (Wildman–Crippen LogP) is 2.41. The van der Waals surface area contributed by atoms with Gasteiger partial charge in [-0.2, -0.15) is 0 Å². The molecular weight excluding hydrogens is 298 g/mol. The van der Waals surface area contributed by atoms with E-state index in [1.165, 1.54) is 5.56 Å². The molecule has 0 radical (unpaired) electrons. The highest BCUT2D eigenvalue weighted by molar-refractivity contribution is 5.32. The Morgan fingerprint density at radius 3 is 2.71 bits per heavy atom. The van der Waals surface area contributed by atoms with Gasteiger partial charge in [-0.25, -0.2) is 4.98 Å². The van der Waals surface area contributed by atoms with Crippen LogP contribution in [0, 0.1) is 0 Å². The minimum atomic E-state index is 0.350. The van der Waals surface area contributed by atoms with Crippen molar-refractivity contribution in [2.24, 2.45) is 0 Å². The Hall–Kier alpha value is -2.50. The first kappa shape index (κ1) is 15.1. The Morgan fingerprint density at radius 2 is 1.88 bits per heavy atom. The van der Waals surface area contributed by atoms with Gasteiger partial charge >= 0.3 is 0 Å². The Labute approximate surface area is 142 Å². The van der Waals surface area contributed by atoms with Crippen LogP contribution in [0.25, 0.3) is 5.69 Å². The van der Waals surface area contributed by atoms with E-state index in [9.17, 15) is 0 Å². The number of benzene rings is 1. The summed E-state index contributed by atoms with van der Waals surface area (Å²) in [6, 6.07) is 14.9. The first-order valence-electron chi connectivity index (χ1n) is 8.34. The lowest BCUT2D eigenvalue weighted by atomic mass is 10.0. The number of imidazole rings is 1. The molecule has 1 aliphatic rings. The molecule has 5 heteroatoms. The van der Waals surface area contributed by atoms with Crippen molar-refractivity contribution in [3.63, 3.8) is 0 Å². The van der Waals surface area contributed by atoms with Gasteiger partial charge in [0, 0.05) is 56.2 Å². The Kier molecular flexibility index (Phi) is 4.36. The standard InChI is InChI=1S/C19H21N5/c1-2-4-17(5-3-1)24-13-11-22-19(24)15-23-12-10-21-14-18(23)16-6-8-20-9-7-16/h1-9,11,13,18,21H,10,12,14-15H2. The zero-order chi connectivity index (χ0) is 16.2. The average Bonchev–Trinajstić information content (AvgIpc) is 3.12. The van der Waals surface area contributed by atoms with Crippen LogP contribution in [0.15, 0.2) is 67.3 Å². The van der Waals surface area contributed by atoms with E-state index in [0.717, 1.165) is 37.7 Å². The van der Waals surface area contributed by atoms with E-state index < -0.39 is 0 Å². The van der Waals surface area contributed by atoms with Crippen molar-refractivity contribution in [2.75, 3.05) is 19.6 Å². The molecule has 5 nitrogen and oxygen atoms in total. The summed E-state index contributed by atoms with van der Waals surface area (Å²) in [5.41, 5.74) is 2.45. The highest BCUT2D eigenvalue weighted by atomic mass is 15.2. The van der Waals surface area contributed by atoms with Gasteiger partial charge in [0.1, 0.15) is 5.82 Å². The van der Waals surface area contributed by atoms with Gasteiger partial charge in [0.25, 0.3) is 0 Å². The normalized spacial score (nSPS) is 18.6. The molecule has 1 aromatic carbocycles. The van der Waals surface area contributed by atoms with Gasteiger partial charge in [-0.1, -0.05) is 18.2 Å². The molecule has 122 valence electrons. The second-order valence-electron chi connectivity index (χ2n) is 6.02. The maximum absolute atomic E-state index is 4.60. The fourth-order valence-electron chi connectivity index (χ4n) is 3.31. The lowest BCUT2D eigenvalue weighted by Crippen LogP contribution is -2.45. The van der Waals surface area contributed by atoms with Crippen LogP contribution in [0.5, 0.6) is 0 Å². The molecule has 3 heterocycles. The number of hydrogen-bond donors (Lipinski definition) is 1. The minimum absolute atomic E-state index is 0.350. The van der Waals surface area contributed by atoms with Crippen LogP contribution < -0.4 is 5.32 Å². The number of piperazine rings is 1. The van der Waals surface area contributed by atoms with Crippen LogP contribution in [0.1, 0.15) is 17.4 Å². The Morgan fingerprint density at radius 1 is 1.04 bits per heavy atom. The van der Waals surface area contributed by atoms with E-state index in [-0.39, 0.29) is 0 Å². The third-order valence-electron chi connectivity index (χ3n) is 4.54. The molecule has 4 rings (SSSR count). The molecule has 0 bridgehead atoms. The van der Waals surface area contributed by atoms with Crippen molar-refractivity contribution in [3.05, 3.63) is 78.6 Å². The van der Waals surface area contributed by atoms with E-state index in [1.807, 2.05) is 30.9 Å². The molecule has 1 fully saturated rings. The number of pyridine rings is 1. The molecule has 0 spiro atoms. The van der Waals surface area contributed by atoms with Crippen molar-refractivity contribution in [2.45, 2.75) is 12.6 Å². The molecule has 1 aliphatic heterocycles. The van der Waals surface area contributed by atoms with E-state index in [2.05, 4.69) is 61.1 Å². The summed E-state index contributed by atoms with van der Waals surface area (Å²) >= 11 is 0. The van der Waals surface area contributed by atoms with E-state index in [1.54, 1.807) is 0 Å².